The highest BCUT2D eigenvalue weighted by Gasteiger charge is 2.23. The van der Waals surface area contributed by atoms with Crippen molar-refractivity contribution in [1.82, 2.24) is 19.5 Å². The molecule has 33 heavy (non-hydrogen) atoms. The summed E-state index contributed by atoms with van der Waals surface area (Å²) in [5.74, 6) is 0.300. The van der Waals surface area contributed by atoms with Gasteiger partial charge in [0.25, 0.3) is 5.56 Å². The Balaban J connectivity index is 1.45. The van der Waals surface area contributed by atoms with E-state index in [-0.39, 0.29) is 17.1 Å². The number of furan rings is 1. The van der Waals surface area contributed by atoms with Crippen LogP contribution in [0.4, 0.5) is 0 Å². The Morgan fingerprint density at radius 2 is 2.06 bits per heavy atom. The number of hydrogen-bond donors (Lipinski definition) is 1. The molecule has 0 bridgehead atoms. The van der Waals surface area contributed by atoms with Gasteiger partial charge in [0.1, 0.15) is 10.6 Å². The number of esters is 1. The van der Waals surface area contributed by atoms with E-state index in [2.05, 4.69) is 15.0 Å². The lowest BCUT2D eigenvalue weighted by Gasteiger charge is -2.14. The van der Waals surface area contributed by atoms with Crippen molar-refractivity contribution in [3.63, 3.8) is 0 Å². The SMILES string of the molecule is CSc1ncc(C(=O)OC(C)c2nc3scc(-c4ccco4)c3c(=O)[nH]2)n1-c1ccccc1. The van der Waals surface area contributed by atoms with Crippen molar-refractivity contribution < 1.29 is 13.9 Å². The van der Waals surface area contributed by atoms with E-state index in [0.717, 1.165) is 5.69 Å². The fraction of sp³-hybridized carbons (Fsp3) is 0.130. The Bertz CT molecular complexity index is 1490. The molecule has 5 rings (SSSR count). The highest BCUT2D eigenvalue weighted by Crippen LogP contribution is 2.31. The second kappa shape index (κ2) is 8.72. The standard InChI is InChI=1S/C23H18N4O4S2/c1-13(19-25-20(28)18-15(12-33-21(18)26-19)17-9-6-10-30-17)31-22(29)16-11-24-23(32-2)27(16)14-7-4-3-5-8-14/h3-13H,1-2H3,(H,25,26,28). The van der Waals surface area contributed by atoms with Crippen molar-refractivity contribution in [2.24, 2.45) is 0 Å². The topological polar surface area (TPSA) is 103 Å². The second-order valence-electron chi connectivity index (χ2n) is 7.11. The van der Waals surface area contributed by atoms with Gasteiger partial charge >= 0.3 is 5.97 Å². The normalized spacial score (nSPS) is 12.2. The molecule has 4 heterocycles. The molecule has 166 valence electrons. The van der Waals surface area contributed by atoms with E-state index >= 15 is 0 Å². The molecule has 0 aliphatic rings. The molecule has 1 atom stereocenters. The van der Waals surface area contributed by atoms with E-state index in [0.29, 0.717) is 26.7 Å². The maximum atomic E-state index is 13.0. The van der Waals surface area contributed by atoms with Crippen LogP contribution in [-0.2, 0) is 4.74 Å². The van der Waals surface area contributed by atoms with Crippen LogP contribution in [0, 0.1) is 0 Å². The summed E-state index contributed by atoms with van der Waals surface area (Å²) in [6.45, 7) is 1.67. The fourth-order valence-corrected chi connectivity index (χ4v) is 4.98. The van der Waals surface area contributed by atoms with E-state index in [1.807, 2.05) is 42.0 Å². The summed E-state index contributed by atoms with van der Waals surface area (Å²) >= 11 is 2.76. The fourth-order valence-electron chi connectivity index (χ4n) is 3.50. The number of rotatable bonds is 6. The van der Waals surface area contributed by atoms with Gasteiger partial charge in [0, 0.05) is 16.6 Å². The van der Waals surface area contributed by atoms with Crippen LogP contribution in [0.5, 0.6) is 0 Å². The van der Waals surface area contributed by atoms with Crippen LogP contribution in [0.2, 0.25) is 0 Å². The number of thiophene rings is 1. The van der Waals surface area contributed by atoms with Crippen molar-refractivity contribution in [1.29, 1.82) is 0 Å². The first kappa shape index (κ1) is 21.2. The number of carbonyl (C=O) groups excluding carboxylic acids is 1. The molecule has 0 saturated carbocycles. The van der Waals surface area contributed by atoms with Crippen LogP contribution in [0.1, 0.15) is 29.3 Å². The molecule has 8 nitrogen and oxygen atoms in total. The summed E-state index contributed by atoms with van der Waals surface area (Å²) in [4.78, 5) is 38.0. The summed E-state index contributed by atoms with van der Waals surface area (Å²) < 4.78 is 12.8. The summed E-state index contributed by atoms with van der Waals surface area (Å²) in [5, 5.41) is 2.94. The number of nitrogens with zero attached hydrogens (tertiary/aromatic N) is 3. The van der Waals surface area contributed by atoms with E-state index in [1.165, 1.54) is 29.3 Å². The van der Waals surface area contributed by atoms with Gasteiger partial charge in [-0.1, -0.05) is 30.0 Å². The van der Waals surface area contributed by atoms with Gasteiger partial charge in [-0.3, -0.25) is 9.36 Å². The van der Waals surface area contributed by atoms with Crippen molar-refractivity contribution in [3.8, 4) is 17.0 Å². The van der Waals surface area contributed by atoms with E-state index in [9.17, 15) is 9.59 Å². The summed E-state index contributed by atoms with van der Waals surface area (Å²) in [7, 11) is 0. The third-order valence-electron chi connectivity index (χ3n) is 5.05. The predicted octanol–water partition coefficient (Wildman–Crippen LogP) is 5.07. The molecule has 0 radical (unpaired) electrons. The highest BCUT2D eigenvalue weighted by atomic mass is 32.2. The Morgan fingerprint density at radius 1 is 1.24 bits per heavy atom. The van der Waals surface area contributed by atoms with Gasteiger partial charge in [-0.05, 0) is 37.4 Å². The molecule has 1 unspecified atom stereocenters. The molecule has 0 spiro atoms. The lowest BCUT2D eigenvalue weighted by Crippen LogP contribution is -2.18. The molecule has 1 N–H and O–H groups in total. The number of H-pyrrole nitrogens is 1. The lowest BCUT2D eigenvalue weighted by atomic mass is 10.2. The van der Waals surface area contributed by atoms with E-state index in [4.69, 9.17) is 9.15 Å². The smallest absolute Gasteiger partial charge is 0.357 e. The first-order chi connectivity index (χ1) is 16.1. The van der Waals surface area contributed by atoms with Gasteiger partial charge in [0.05, 0.1) is 17.8 Å². The minimum Gasteiger partial charge on any atom is -0.464 e. The van der Waals surface area contributed by atoms with Crippen molar-refractivity contribution >= 4 is 39.3 Å². The van der Waals surface area contributed by atoms with Gasteiger partial charge < -0.3 is 14.1 Å². The molecule has 0 aliphatic heterocycles. The maximum Gasteiger partial charge on any atom is 0.357 e. The minimum absolute atomic E-state index is 0.268. The quantitative estimate of drug-likeness (QED) is 0.268. The van der Waals surface area contributed by atoms with Crippen molar-refractivity contribution in [3.05, 3.63) is 82.2 Å². The first-order valence-corrected chi connectivity index (χ1v) is 12.1. The highest BCUT2D eigenvalue weighted by molar-refractivity contribution is 7.98. The number of aromatic nitrogens is 4. The monoisotopic (exact) mass is 478 g/mol. The van der Waals surface area contributed by atoms with Crippen molar-refractivity contribution in [2.45, 2.75) is 18.2 Å². The maximum absolute atomic E-state index is 13.0. The molecule has 10 heteroatoms. The van der Waals surface area contributed by atoms with Gasteiger partial charge in [-0.2, -0.15) is 0 Å². The zero-order valence-corrected chi connectivity index (χ0v) is 19.3. The first-order valence-electron chi connectivity index (χ1n) is 10.00. The van der Waals surface area contributed by atoms with Gasteiger partial charge in [0.2, 0.25) is 0 Å². The molecule has 0 saturated heterocycles. The summed E-state index contributed by atoms with van der Waals surface area (Å²) in [6.07, 6.45) is 4.16. The van der Waals surface area contributed by atoms with Crippen LogP contribution < -0.4 is 5.56 Å². The summed E-state index contributed by atoms with van der Waals surface area (Å²) in [5.41, 5.74) is 1.46. The van der Waals surface area contributed by atoms with Crippen LogP contribution in [0.25, 0.3) is 27.2 Å². The molecule has 4 aromatic heterocycles. The third-order valence-corrected chi connectivity index (χ3v) is 6.58. The summed E-state index contributed by atoms with van der Waals surface area (Å²) in [6, 6.07) is 13.0. The zero-order chi connectivity index (χ0) is 22.9. The van der Waals surface area contributed by atoms with Gasteiger partial charge in [-0.15, -0.1) is 11.3 Å². The van der Waals surface area contributed by atoms with E-state index in [1.54, 1.807) is 29.9 Å². The number of para-hydroxylation sites is 1. The third kappa shape index (κ3) is 3.87. The van der Waals surface area contributed by atoms with Crippen LogP contribution >= 0.6 is 23.1 Å². The molecular weight excluding hydrogens is 460 g/mol. The zero-order valence-electron chi connectivity index (χ0n) is 17.6. The number of thioether (sulfide) groups is 1. The van der Waals surface area contributed by atoms with Gasteiger partial charge in [0.15, 0.2) is 22.8 Å². The lowest BCUT2D eigenvalue weighted by molar-refractivity contribution is 0.0310. The predicted molar refractivity (Wildman–Crippen MR) is 127 cm³/mol. The average Bonchev–Trinajstić information content (AvgIpc) is 3.58. The number of ether oxygens (including phenoxy) is 1. The van der Waals surface area contributed by atoms with E-state index < -0.39 is 12.1 Å². The molecule has 0 amide bonds. The second-order valence-corrected chi connectivity index (χ2v) is 8.74. The number of aromatic amines is 1. The number of imidazole rings is 1. The number of carbonyl (C=O) groups is 1. The average molecular weight is 479 g/mol. The molecular formula is C23H18N4O4S2. The minimum atomic E-state index is -0.777. The number of benzene rings is 1. The Kier molecular flexibility index (Phi) is 5.61. The molecule has 1 aromatic carbocycles. The Hall–Kier alpha value is -3.63. The largest absolute Gasteiger partial charge is 0.464 e. The Morgan fingerprint density at radius 3 is 2.79 bits per heavy atom. The Labute approximate surface area is 196 Å². The van der Waals surface area contributed by atoms with Crippen LogP contribution in [0.15, 0.2) is 74.7 Å². The molecule has 5 aromatic rings. The molecule has 0 fully saturated rings. The number of hydrogen-bond acceptors (Lipinski definition) is 8. The number of nitrogens with one attached hydrogen (secondary N) is 1. The molecule has 0 aliphatic carbocycles. The van der Waals surface area contributed by atoms with Crippen LogP contribution in [-0.4, -0.2) is 31.7 Å². The number of fused-ring (bicyclic) bond motifs is 1. The van der Waals surface area contributed by atoms with Gasteiger partial charge in [-0.25, -0.2) is 14.8 Å². The van der Waals surface area contributed by atoms with Crippen molar-refractivity contribution in [2.75, 3.05) is 6.26 Å². The van der Waals surface area contributed by atoms with Crippen LogP contribution in [0.3, 0.4) is 0 Å².